The van der Waals surface area contributed by atoms with Gasteiger partial charge in [0.05, 0.1) is 0 Å². The van der Waals surface area contributed by atoms with Crippen molar-refractivity contribution in [2.75, 3.05) is 0 Å². The van der Waals surface area contributed by atoms with Crippen LogP contribution in [0.2, 0.25) is 0 Å². The summed E-state index contributed by atoms with van der Waals surface area (Å²) < 4.78 is 0. The molecule has 0 spiro atoms. The molecule has 2 aliphatic rings. The van der Waals surface area contributed by atoms with Crippen molar-refractivity contribution in [2.24, 2.45) is 0 Å². The molecule has 0 bridgehead atoms. The number of hydrogen-bond donors (Lipinski definition) is 0. The van der Waals surface area contributed by atoms with Crippen LogP contribution in [-0.4, -0.2) is 4.82 Å². The zero-order valence-corrected chi connectivity index (χ0v) is 8.65. The van der Waals surface area contributed by atoms with E-state index in [0.29, 0.717) is 0 Å². The van der Waals surface area contributed by atoms with E-state index in [4.69, 9.17) is 0 Å². The second-order valence-corrected chi connectivity index (χ2v) is 2.01. The molecule has 2 aliphatic carbocycles. The first-order valence-corrected chi connectivity index (χ1v) is 4.89. The topological polar surface area (TPSA) is 0 Å². The standard InChI is InChI=1S/2C5H5.CH2.Ti/c2*1-2-4-5-3-1;;/h2*1-3H,4H2;1H2;/q2*-1;;+2. The molecular formula is C11H12Ti. The van der Waals surface area contributed by atoms with Crippen LogP contribution in [0.15, 0.2) is 36.5 Å². The van der Waals surface area contributed by atoms with Crippen LogP contribution in [0, 0.1) is 12.2 Å². The Balaban J connectivity index is 0.000000168. The van der Waals surface area contributed by atoms with E-state index in [9.17, 15) is 0 Å². The fraction of sp³-hybridized carbons (Fsp3) is 0.182. The van der Waals surface area contributed by atoms with Crippen molar-refractivity contribution >= 4 is 4.82 Å². The molecule has 0 atom stereocenters. The van der Waals surface area contributed by atoms with Crippen molar-refractivity contribution < 1.29 is 20.0 Å². The molecule has 1 heteroatoms. The van der Waals surface area contributed by atoms with E-state index in [-0.39, 0.29) is 0 Å². The molecular weight excluding hydrogens is 180 g/mol. The zero-order valence-electron chi connectivity index (χ0n) is 7.09. The maximum atomic E-state index is 3.25. The Morgan fingerprint density at radius 3 is 1.42 bits per heavy atom. The third kappa shape index (κ3) is 7.65. The summed E-state index contributed by atoms with van der Waals surface area (Å²) in [6, 6.07) is 0. The normalized spacial score (nSPS) is 15.2. The van der Waals surface area contributed by atoms with Gasteiger partial charge >= 0.3 is 24.8 Å². The second kappa shape index (κ2) is 10.5. The molecule has 0 aromatic carbocycles. The third-order valence-corrected chi connectivity index (χ3v) is 1.17. The average molecular weight is 192 g/mol. The van der Waals surface area contributed by atoms with Crippen molar-refractivity contribution in [1.82, 2.24) is 0 Å². The van der Waals surface area contributed by atoms with Gasteiger partial charge in [-0.25, -0.2) is 24.3 Å². The predicted octanol–water partition coefficient (Wildman–Crippen LogP) is 2.58. The van der Waals surface area contributed by atoms with Gasteiger partial charge < -0.3 is 0 Å². The van der Waals surface area contributed by atoms with Crippen molar-refractivity contribution in [3.05, 3.63) is 48.6 Å². The van der Waals surface area contributed by atoms with Crippen molar-refractivity contribution in [3.8, 4) is 0 Å². The van der Waals surface area contributed by atoms with Crippen molar-refractivity contribution in [2.45, 2.75) is 12.8 Å². The molecule has 0 aromatic heterocycles. The molecule has 0 saturated heterocycles. The first-order valence-electron chi connectivity index (χ1n) is 3.79. The summed E-state index contributed by atoms with van der Waals surface area (Å²) in [6.45, 7) is 0. The Labute approximate surface area is 86.3 Å². The maximum absolute atomic E-state index is 3.25. The van der Waals surface area contributed by atoms with Gasteiger partial charge in [-0.3, -0.25) is 12.2 Å². The summed E-state index contributed by atoms with van der Waals surface area (Å²) in [4.78, 5) is 3.25. The molecule has 0 aromatic rings. The van der Waals surface area contributed by atoms with E-state index in [1.165, 1.54) is 0 Å². The first kappa shape index (κ1) is 11.5. The fourth-order valence-electron chi connectivity index (χ4n) is 0.680. The van der Waals surface area contributed by atoms with Gasteiger partial charge in [0.25, 0.3) is 0 Å². The molecule has 2 rings (SSSR count). The van der Waals surface area contributed by atoms with Crippen LogP contribution in [0.25, 0.3) is 0 Å². The van der Waals surface area contributed by atoms with Gasteiger partial charge in [-0.1, -0.05) is 0 Å². The molecule has 0 fully saturated rings. The summed E-state index contributed by atoms with van der Waals surface area (Å²) in [7, 11) is 0. The molecule has 12 heavy (non-hydrogen) atoms. The first-order chi connectivity index (χ1) is 6.00. The molecule has 0 heterocycles. The summed E-state index contributed by atoms with van der Waals surface area (Å²) in [6.07, 6.45) is 20.0. The van der Waals surface area contributed by atoms with Crippen LogP contribution < -0.4 is 0 Å². The van der Waals surface area contributed by atoms with Crippen molar-refractivity contribution in [1.29, 1.82) is 0 Å². The molecule has 60 valence electrons. The molecule has 0 amide bonds. The van der Waals surface area contributed by atoms with E-state index < -0.39 is 0 Å². The SMILES string of the molecule is [C-]1=CC=CC1.[C-]1=CC=CC1.[CH2]=[Ti+2]. The molecule has 0 nitrogen and oxygen atoms in total. The molecule has 0 unspecified atom stereocenters. The summed E-state index contributed by atoms with van der Waals surface area (Å²) in [5, 5.41) is 0. The van der Waals surface area contributed by atoms with Crippen LogP contribution in [-0.2, 0) is 20.0 Å². The average Bonchev–Trinajstić information content (AvgIpc) is 2.87. The minimum absolute atomic E-state index is 1.01. The fourth-order valence-corrected chi connectivity index (χ4v) is 0.680. The Morgan fingerprint density at radius 2 is 1.33 bits per heavy atom. The van der Waals surface area contributed by atoms with E-state index in [1.807, 2.05) is 24.3 Å². The van der Waals surface area contributed by atoms with E-state index in [0.717, 1.165) is 12.8 Å². The van der Waals surface area contributed by atoms with Gasteiger partial charge in [0.1, 0.15) is 0 Å². The van der Waals surface area contributed by atoms with E-state index >= 15 is 0 Å². The monoisotopic (exact) mass is 192 g/mol. The molecule has 0 aliphatic heterocycles. The summed E-state index contributed by atoms with van der Waals surface area (Å²) in [5.41, 5.74) is 0. The van der Waals surface area contributed by atoms with E-state index in [2.05, 4.69) is 29.1 Å². The van der Waals surface area contributed by atoms with Crippen LogP contribution in [0.4, 0.5) is 0 Å². The molecule has 0 N–H and O–H groups in total. The number of hydrogen-bond acceptors (Lipinski definition) is 0. The van der Waals surface area contributed by atoms with Gasteiger partial charge in [0.2, 0.25) is 0 Å². The summed E-state index contributed by atoms with van der Waals surface area (Å²) >= 11 is 1.75. The number of rotatable bonds is 0. The zero-order chi connectivity index (χ0) is 9.07. The minimum atomic E-state index is 1.01. The Kier molecular flexibility index (Phi) is 10.1. The van der Waals surface area contributed by atoms with Crippen LogP contribution in [0.1, 0.15) is 12.8 Å². The predicted molar refractivity (Wildman–Crippen MR) is 50.3 cm³/mol. The van der Waals surface area contributed by atoms with Gasteiger partial charge in [-0.2, -0.15) is 12.2 Å². The Morgan fingerprint density at radius 1 is 0.917 bits per heavy atom. The number of allylic oxidation sites excluding steroid dienone is 8. The summed E-state index contributed by atoms with van der Waals surface area (Å²) in [5.74, 6) is 0. The van der Waals surface area contributed by atoms with Crippen molar-refractivity contribution in [3.63, 3.8) is 0 Å². The van der Waals surface area contributed by atoms with Gasteiger partial charge in [-0.05, 0) is 0 Å². The van der Waals surface area contributed by atoms with E-state index in [1.54, 1.807) is 20.0 Å². The van der Waals surface area contributed by atoms with Gasteiger partial charge in [-0.15, -0.1) is 12.8 Å². The van der Waals surface area contributed by atoms with Gasteiger partial charge in [0.15, 0.2) is 0 Å². The van der Waals surface area contributed by atoms with Crippen LogP contribution >= 0.6 is 0 Å². The quantitative estimate of drug-likeness (QED) is 0.408. The van der Waals surface area contributed by atoms with Gasteiger partial charge in [0, 0.05) is 0 Å². The molecule has 0 radical (unpaired) electrons. The Bertz CT molecular complexity index is 155. The molecule has 0 saturated carbocycles. The third-order valence-electron chi connectivity index (χ3n) is 1.17. The Hall–Kier alpha value is -0.456. The van der Waals surface area contributed by atoms with Crippen LogP contribution in [0.5, 0.6) is 0 Å². The second-order valence-electron chi connectivity index (χ2n) is 2.01. The van der Waals surface area contributed by atoms with Crippen LogP contribution in [0.3, 0.4) is 0 Å².